The van der Waals surface area contributed by atoms with Crippen LogP contribution >= 0.6 is 0 Å². The highest BCUT2D eigenvalue weighted by molar-refractivity contribution is 5.74. The zero-order chi connectivity index (χ0) is 13.9. The molecule has 0 spiro atoms. The Morgan fingerprint density at radius 2 is 1.72 bits per heavy atom. The molecule has 0 aliphatic carbocycles. The molecular weight excluding hydrogens is 252 g/mol. The second-order valence-electron chi connectivity index (χ2n) is 3.91. The minimum atomic E-state index is -1.72. The number of benzene rings is 1. The van der Waals surface area contributed by atoms with E-state index in [1.54, 1.807) is 0 Å². The van der Waals surface area contributed by atoms with Crippen molar-refractivity contribution in [1.29, 1.82) is 0 Å². The maximum atomic E-state index is 13.2. The molecule has 18 heavy (non-hydrogen) atoms. The molecule has 0 N–H and O–H groups in total. The van der Waals surface area contributed by atoms with Crippen molar-refractivity contribution in [2.75, 3.05) is 0 Å². The molecule has 0 saturated heterocycles. The summed E-state index contributed by atoms with van der Waals surface area (Å²) in [5.74, 6) is -9.53. The van der Waals surface area contributed by atoms with Gasteiger partial charge in [0.2, 0.25) is 17.4 Å². The molecule has 100 valence electrons. The van der Waals surface area contributed by atoms with Gasteiger partial charge >= 0.3 is 5.97 Å². The lowest BCUT2D eigenvalue weighted by atomic mass is 10.1. The van der Waals surface area contributed by atoms with Gasteiger partial charge in [-0.2, -0.15) is 8.78 Å². The predicted octanol–water partition coefficient (Wildman–Crippen LogP) is 3.58. The van der Waals surface area contributed by atoms with Crippen LogP contribution in [0.5, 0.6) is 5.75 Å². The van der Waals surface area contributed by atoms with E-state index in [2.05, 4.69) is 4.74 Å². The summed E-state index contributed by atoms with van der Waals surface area (Å²) < 4.78 is 56.5. The van der Waals surface area contributed by atoms with Gasteiger partial charge in [0.1, 0.15) is 0 Å². The summed E-state index contributed by atoms with van der Waals surface area (Å²) in [4.78, 5) is 11.4. The molecule has 0 bridgehead atoms. The van der Waals surface area contributed by atoms with Crippen molar-refractivity contribution in [2.45, 2.75) is 26.7 Å². The van der Waals surface area contributed by atoms with Crippen LogP contribution < -0.4 is 4.74 Å². The van der Waals surface area contributed by atoms with Gasteiger partial charge in [-0.3, -0.25) is 4.79 Å². The first-order valence-electron chi connectivity index (χ1n) is 5.43. The smallest absolute Gasteiger partial charge is 0.314 e. The lowest BCUT2D eigenvalue weighted by molar-refractivity contribution is -0.139. The van der Waals surface area contributed by atoms with Gasteiger partial charge in [-0.15, -0.1) is 0 Å². The molecule has 1 unspecified atom stereocenters. The minimum Gasteiger partial charge on any atom is -0.420 e. The van der Waals surface area contributed by atoms with Gasteiger partial charge < -0.3 is 4.74 Å². The Morgan fingerprint density at radius 3 is 2.17 bits per heavy atom. The number of hydrogen-bond donors (Lipinski definition) is 0. The number of carbonyl (C=O) groups is 1. The van der Waals surface area contributed by atoms with Crippen molar-refractivity contribution in [3.63, 3.8) is 0 Å². The van der Waals surface area contributed by atoms with Crippen LogP contribution in [0, 0.1) is 29.2 Å². The quantitative estimate of drug-likeness (QED) is 0.359. The lowest BCUT2D eigenvalue weighted by Gasteiger charge is -2.11. The normalized spacial score (nSPS) is 12.3. The molecule has 0 aromatic heterocycles. The molecular formula is C12H12F4O2. The van der Waals surface area contributed by atoms with E-state index in [-0.39, 0.29) is 6.07 Å². The van der Waals surface area contributed by atoms with Crippen molar-refractivity contribution in [3.8, 4) is 5.75 Å². The maximum absolute atomic E-state index is 13.2. The van der Waals surface area contributed by atoms with Crippen molar-refractivity contribution in [2.24, 2.45) is 5.92 Å². The van der Waals surface area contributed by atoms with Gasteiger partial charge in [-0.1, -0.05) is 20.3 Å². The highest BCUT2D eigenvalue weighted by Crippen LogP contribution is 2.27. The van der Waals surface area contributed by atoms with Gasteiger partial charge in [-0.05, 0) is 6.42 Å². The Hall–Kier alpha value is -1.59. The number of carbonyl (C=O) groups excluding carboxylic acids is 1. The summed E-state index contributed by atoms with van der Waals surface area (Å²) in [5.41, 5.74) is 0. The van der Waals surface area contributed by atoms with E-state index in [0.29, 0.717) is 12.8 Å². The Balaban J connectivity index is 3.01. The van der Waals surface area contributed by atoms with Crippen LogP contribution in [-0.2, 0) is 4.79 Å². The van der Waals surface area contributed by atoms with Crippen molar-refractivity contribution in [1.82, 2.24) is 0 Å². The minimum absolute atomic E-state index is 0.0530. The Kier molecular flexibility index (Phi) is 4.69. The fourth-order valence-corrected chi connectivity index (χ4v) is 1.39. The van der Waals surface area contributed by atoms with E-state index >= 15 is 0 Å². The summed E-state index contributed by atoms with van der Waals surface area (Å²) in [7, 11) is 0. The van der Waals surface area contributed by atoms with Crippen LogP contribution in [0.15, 0.2) is 6.07 Å². The predicted molar refractivity (Wildman–Crippen MR) is 56.0 cm³/mol. The van der Waals surface area contributed by atoms with Gasteiger partial charge in [0.05, 0.1) is 5.92 Å². The van der Waals surface area contributed by atoms with Gasteiger partial charge in [0, 0.05) is 6.07 Å². The molecule has 1 atom stereocenters. The Bertz CT molecular complexity index is 434. The van der Waals surface area contributed by atoms with E-state index in [1.807, 2.05) is 6.92 Å². The van der Waals surface area contributed by atoms with Crippen LogP contribution in [-0.4, -0.2) is 5.97 Å². The van der Waals surface area contributed by atoms with Crippen molar-refractivity contribution < 1.29 is 27.1 Å². The summed E-state index contributed by atoms with van der Waals surface area (Å²) >= 11 is 0. The molecule has 0 aliphatic heterocycles. The molecule has 0 radical (unpaired) electrons. The summed E-state index contributed by atoms with van der Waals surface area (Å²) in [6.07, 6.45) is 1.11. The van der Waals surface area contributed by atoms with E-state index in [4.69, 9.17) is 0 Å². The third kappa shape index (κ3) is 3.00. The fourth-order valence-electron chi connectivity index (χ4n) is 1.39. The Labute approximate surface area is 102 Å². The number of halogens is 4. The summed E-state index contributed by atoms with van der Waals surface area (Å²) in [6.45, 7) is 3.31. The third-order valence-corrected chi connectivity index (χ3v) is 2.40. The van der Waals surface area contributed by atoms with Crippen molar-refractivity contribution >= 4 is 5.97 Å². The molecule has 1 rings (SSSR count). The molecule has 1 aromatic rings. The standard InChI is InChI=1S/C12H12F4O2/c1-3-4-6(2)12(17)18-11-9(15)7(13)5-8(14)10(11)16/h5-6H,3-4H2,1-2H3. The maximum Gasteiger partial charge on any atom is 0.314 e. The molecule has 0 heterocycles. The zero-order valence-corrected chi connectivity index (χ0v) is 9.90. The average Bonchev–Trinajstić information content (AvgIpc) is 2.32. The SMILES string of the molecule is CCCC(C)C(=O)Oc1c(F)c(F)cc(F)c1F. The third-order valence-electron chi connectivity index (χ3n) is 2.40. The molecule has 0 amide bonds. The topological polar surface area (TPSA) is 26.3 Å². The van der Waals surface area contributed by atoms with Crippen LogP contribution in [0.25, 0.3) is 0 Å². The molecule has 0 aliphatic rings. The molecule has 0 fully saturated rings. The van der Waals surface area contributed by atoms with E-state index < -0.39 is 40.9 Å². The van der Waals surface area contributed by atoms with Crippen molar-refractivity contribution in [3.05, 3.63) is 29.3 Å². The molecule has 2 nitrogen and oxygen atoms in total. The molecule has 1 aromatic carbocycles. The number of esters is 1. The lowest BCUT2D eigenvalue weighted by Crippen LogP contribution is -2.19. The second kappa shape index (κ2) is 5.84. The average molecular weight is 264 g/mol. The van der Waals surface area contributed by atoms with Gasteiger partial charge in [0.25, 0.3) is 0 Å². The van der Waals surface area contributed by atoms with Gasteiger partial charge in [0.15, 0.2) is 11.6 Å². The van der Waals surface area contributed by atoms with E-state index in [9.17, 15) is 22.4 Å². The molecule has 6 heteroatoms. The first kappa shape index (κ1) is 14.5. The number of rotatable bonds is 4. The largest absolute Gasteiger partial charge is 0.420 e. The first-order valence-corrected chi connectivity index (χ1v) is 5.43. The highest BCUT2D eigenvalue weighted by atomic mass is 19.2. The molecule has 0 saturated carbocycles. The Morgan fingerprint density at radius 1 is 1.22 bits per heavy atom. The summed E-state index contributed by atoms with van der Waals surface area (Å²) in [5, 5.41) is 0. The van der Waals surface area contributed by atoms with Crippen LogP contribution in [0.1, 0.15) is 26.7 Å². The fraction of sp³-hybridized carbons (Fsp3) is 0.417. The van der Waals surface area contributed by atoms with Gasteiger partial charge in [-0.25, -0.2) is 8.78 Å². The number of hydrogen-bond acceptors (Lipinski definition) is 2. The first-order chi connectivity index (χ1) is 8.38. The van der Waals surface area contributed by atoms with Crippen LogP contribution in [0.2, 0.25) is 0 Å². The van der Waals surface area contributed by atoms with Crippen LogP contribution in [0.3, 0.4) is 0 Å². The van der Waals surface area contributed by atoms with E-state index in [0.717, 1.165) is 0 Å². The summed E-state index contributed by atoms with van der Waals surface area (Å²) in [6, 6.07) is 0.0530. The van der Waals surface area contributed by atoms with E-state index in [1.165, 1.54) is 6.92 Å². The second-order valence-corrected chi connectivity index (χ2v) is 3.91. The van der Waals surface area contributed by atoms with Crippen LogP contribution in [0.4, 0.5) is 17.6 Å². The monoisotopic (exact) mass is 264 g/mol. The number of ether oxygens (including phenoxy) is 1. The highest BCUT2D eigenvalue weighted by Gasteiger charge is 2.24. The zero-order valence-electron chi connectivity index (χ0n) is 9.90.